The topological polar surface area (TPSA) is 88.1 Å². The molecule has 3 aliphatic rings. The van der Waals surface area contributed by atoms with Crippen LogP contribution in [0.5, 0.6) is 5.75 Å². The summed E-state index contributed by atoms with van der Waals surface area (Å²) in [6.45, 7) is 6.12. The first-order chi connectivity index (χ1) is 17.5. The lowest BCUT2D eigenvalue weighted by atomic mass is 9.98. The molecule has 36 heavy (non-hydrogen) atoms. The summed E-state index contributed by atoms with van der Waals surface area (Å²) in [7, 11) is -3.61. The van der Waals surface area contributed by atoms with Gasteiger partial charge in [0, 0.05) is 0 Å². The fourth-order valence-electron chi connectivity index (χ4n) is 5.50. The molecule has 1 aromatic rings. The van der Waals surface area contributed by atoms with E-state index < -0.39 is 33.5 Å². The second-order valence-corrected chi connectivity index (χ2v) is 11.9. The summed E-state index contributed by atoms with van der Waals surface area (Å²) in [5.74, 6) is 1.31. The number of benzene rings is 1. The van der Waals surface area contributed by atoms with Crippen LogP contribution in [-0.2, 0) is 14.8 Å². The standard InChI is InChI=1S/C28H40N2O5S/c1-3-14-23-26(4-2)35-27-18-13-12-17-24(27)30(23)25-20-34-19-22(28(25)31)29-36(32,33)21-15-10-8-6-5-7-9-11-16-21/h3-4,12-14,17-18,21-22,25,28-29,31H,1,5-11,15-16,19-20H2,2H3/b23-14+,26-4+/t22-,25+,28+/m0/s1. The first kappa shape index (κ1) is 26.9. The van der Waals surface area contributed by atoms with E-state index >= 15 is 0 Å². The van der Waals surface area contributed by atoms with Gasteiger partial charge in [0.25, 0.3) is 0 Å². The zero-order valence-corrected chi connectivity index (χ0v) is 22.1. The van der Waals surface area contributed by atoms with E-state index in [-0.39, 0.29) is 13.2 Å². The van der Waals surface area contributed by atoms with Crippen molar-refractivity contribution in [3.8, 4) is 5.75 Å². The molecule has 0 amide bonds. The number of hydrogen-bond acceptors (Lipinski definition) is 6. The third-order valence-corrected chi connectivity index (χ3v) is 9.41. The van der Waals surface area contributed by atoms with Crippen molar-refractivity contribution in [3.05, 3.63) is 60.5 Å². The summed E-state index contributed by atoms with van der Waals surface area (Å²) in [6, 6.07) is 6.37. The minimum Gasteiger partial charge on any atom is -0.453 e. The molecule has 8 heteroatoms. The molecule has 0 bridgehead atoms. The number of sulfonamides is 1. The van der Waals surface area contributed by atoms with Gasteiger partial charge in [0.1, 0.15) is 5.76 Å². The van der Waals surface area contributed by atoms with E-state index in [0.29, 0.717) is 24.4 Å². The quantitative estimate of drug-likeness (QED) is 0.585. The Morgan fingerprint density at radius 1 is 1.06 bits per heavy atom. The average molecular weight is 517 g/mol. The Morgan fingerprint density at radius 3 is 2.39 bits per heavy atom. The van der Waals surface area contributed by atoms with E-state index in [0.717, 1.165) is 37.1 Å². The van der Waals surface area contributed by atoms with Crippen molar-refractivity contribution in [1.29, 1.82) is 0 Å². The van der Waals surface area contributed by atoms with E-state index in [1.54, 1.807) is 6.08 Å². The van der Waals surface area contributed by atoms with Crippen LogP contribution >= 0.6 is 0 Å². The number of aliphatic hydroxyl groups is 1. The van der Waals surface area contributed by atoms with Gasteiger partial charge in [-0.1, -0.05) is 69.7 Å². The van der Waals surface area contributed by atoms with Crippen molar-refractivity contribution < 1.29 is 23.0 Å². The molecular formula is C28H40N2O5S. The van der Waals surface area contributed by atoms with Crippen molar-refractivity contribution in [1.82, 2.24) is 4.72 Å². The minimum absolute atomic E-state index is 0.132. The summed E-state index contributed by atoms with van der Waals surface area (Å²) < 4.78 is 41.8. The monoisotopic (exact) mass is 516 g/mol. The van der Waals surface area contributed by atoms with Crippen LogP contribution in [0, 0.1) is 0 Å². The van der Waals surface area contributed by atoms with Gasteiger partial charge in [-0.3, -0.25) is 0 Å². The summed E-state index contributed by atoms with van der Waals surface area (Å²) in [5, 5.41) is 11.1. The number of fused-ring (bicyclic) bond motifs is 1. The molecule has 1 saturated carbocycles. The van der Waals surface area contributed by atoms with Crippen molar-refractivity contribution in [2.24, 2.45) is 0 Å². The maximum Gasteiger partial charge on any atom is 0.214 e. The van der Waals surface area contributed by atoms with Gasteiger partial charge in [-0.05, 0) is 44.1 Å². The highest BCUT2D eigenvalue weighted by molar-refractivity contribution is 7.90. The Morgan fingerprint density at radius 2 is 1.72 bits per heavy atom. The molecule has 2 aliphatic heterocycles. The molecule has 198 valence electrons. The lowest BCUT2D eigenvalue weighted by Gasteiger charge is -2.45. The Labute approximate surface area is 215 Å². The van der Waals surface area contributed by atoms with Crippen LogP contribution in [-0.4, -0.2) is 50.2 Å². The molecular weight excluding hydrogens is 476 g/mol. The van der Waals surface area contributed by atoms with Crippen LogP contribution in [0.4, 0.5) is 5.69 Å². The van der Waals surface area contributed by atoms with Gasteiger partial charge in [-0.25, -0.2) is 13.1 Å². The highest BCUT2D eigenvalue weighted by Crippen LogP contribution is 2.42. The number of rotatable bonds is 5. The molecule has 0 radical (unpaired) electrons. The molecule has 3 atom stereocenters. The number of hydrogen-bond donors (Lipinski definition) is 2. The SMILES string of the molecule is C=C/C=C1\C(=C/C)Oc2ccccc2N1[C@@H]1COC[C@H](NS(=O)(=O)C2CCCCCCCCC2)[C@H]1O. The second-order valence-electron chi connectivity index (χ2n) is 9.92. The third kappa shape index (κ3) is 6.05. The molecule has 2 N–H and O–H groups in total. The molecule has 2 heterocycles. The van der Waals surface area contributed by atoms with Crippen LogP contribution in [0.25, 0.3) is 0 Å². The van der Waals surface area contributed by atoms with Gasteiger partial charge in [0.15, 0.2) is 5.75 Å². The highest BCUT2D eigenvalue weighted by atomic mass is 32.2. The Balaban J connectivity index is 1.58. The first-order valence-electron chi connectivity index (χ1n) is 13.3. The van der Waals surface area contributed by atoms with Crippen molar-refractivity contribution in [3.63, 3.8) is 0 Å². The van der Waals surface area contributed by atoms with Crippen molar-refractivity contribution in [2.45, 2.75) is 88.1 Å². The maximum absolute atomic E-state index is 13.5. The zero-order valence-electron chi connectivity index (χ0n) is 21.3. The molecule has 1 aromatic carbocycles. The number of nitrogens with zero attached hydrogens (tertiary/aromatic N) is 1. The molecule has 0 unspecified atom stereocenters. The predicted octanol–water partition coefficient (Wildman–Crippen LogP) is 4.80. The number of nitrogens with one attached hydrogen (secondary N) is 1. The number of para-hydroxylation sites is 2. The fraction of sp³-hybridized carbons (Fsp3) is 0.571. The van der Waals surface area contributed by atoms with Gasteiger partial charge < -0.3 is 19.5 Å². The number of ether oxygens (including phenoxy) is 2. The lowest BCUT2D eigenvalue weighted by molar-refractivity contribution is -0.0257. The van der Waals surface area contributed by atoms with Crippen LogP contribution in [0.15, 0.2) is 60.5 Å². The zero-order chi connectivity index (χ0) is 25.5. The number of anilines is 1. The highest BCUT2D eigenvalue weighted by Gasteiger charge is 2.43. The van der Waals surface area contributed by atoms with Crippen LogP contribution in [0.2, 0.25) is 0 Å². The fourth-order valence-corrected chi connectivity index (χ4v) is 7.28. The first-order valence-corrected chi connectivity index (χ1v) is 14.8. The van der Waals surface area contributed by atoms with Gasteiger partial charge in [0.2, 0.25) is 10.0 Å². The average Bonchev–Trinajstić information content (AvgIpc) is 2.88. The second kappa shape index (κ2) is 12.4. The van der Waals surface area contributed by atoms with E-state index in [4.69, 9.17) is 9.47 Å². The van der Waals surface area contributed by atoms with Crippen LogP contribution < -0.4 is 14.4 Å². The lowest BCUT2D eigenvalue weighted by Crippen LogP contribution is -2.62. The summed E-state index contributed by atoms with van der Waals surface area (Å²) in [4.78, 5) is 1.99. The largest absolute Gasteiger partial charge is 0.453 e. The molecule has 0 spiro atoms. The smallest absolute Gasteiger partial charge is 0.214 e. The molecule has 4 rings (SSSR count). The summed E-state index contributed by atoms with van der Waals surface area (Å²) >= 11 is 0. The van der Waals surface area contributed by atoms with Crippen molar-refractivity contribution >= 4 is 15.7 Å². The molecule has 1 aliphatic carbocycles. The Kier molecular flexibility index (Phi) is 9.28. The van der Waals surface area contributed by atoms with E-state index in [2.05, 4.69) is 11.3 Å². The summed E-state index contributed by atoms with van der Waals surface area (Å²) in [6.07, 6.45) is 13.3. The maximum atomic E-state index is 13.5. The van der Waals surface area contributed by atoms with Gasteiger partial charge in [0.05, 0.1) is 48.0 Å². The van der Waals surface area contributed by atoms with Crippen LogP contribution in [0.1, 0.15) is 64.7 Å². The van der Waals surface area contributed by atoms with Gasteiger partial charge in [-0.15, -0.1) is 0 Å². The van der Waals surface area contributed by atoms with E-state index in [1.165, 1.54) is 19.3 Å². The minimum atomic E-state index is -3.61. The van der Waals surface area contributed by atoms with E-state index in [1.807, 2.05) is 48.2 Å². The Hall–Kier alpha value is -2.13. The third-order valence-electron chi connectivity index (χ3n) is 7.43. The van der Waals surface area contributed by atoms with E-state index in [9.17, 15) is 13.5 Å². The predicted molar refractivity (Wildman–Crippen MR) is 143 cm³/mol. The number of aliphatic hydroxyl groups excluding tert-OH is 1. The van der Waals surface area contributed by atoms with Gasteiger partial charge in [-0.2, -0.15) is 0 Å². The molecule has 2 fully saturated rings. The van der Waals surface area contributed by atoms with Crippen molar-refractivity contribution in [2.75, 3.05) is 18.1 Å². The molecule has 7 nitrogen and oxygen atoms in total. The Bertz CT molecular complexity index is 1060. The normalized spacial score (nSPS) is 28.9. The van der Waals surface area contributed by atoms with Gasteiger partial charge >= 0.3 is 0 Å². The van der Waals surface area contributed by atoms with Crippen LogP contribution in [0.3, 0.4) is 0 Å². The molecule has 0 aromatic heterocycles. The number of allylic oxidation sites excluding steroid dienone is 3. The summed E-state index contributed by atoms with van der Waals surface area (Å²) in [5.41, 5.74) is 1.54. The molecule has 1 saturated heterocycles.